The largest absolute Gasteiger partial charge is 0.345 e. The van der Waals surface area contributed by atoms with E-state index < -0.39 is 4.92 Å². The van der Waals surface area contributed by atoms with Crippen molar-refractivity contribution in [2.75, 3.05) is 0 Å². The Morgan fingerprint density at radius 2 is 2.00 bits per heavy atom. The number of carbonyl (C=O) groups is 1. The van der Waals surface area contributed by atoms with Gasteiger partial charge in [0.15, 0.2) is 0 Å². The number of nitrogens with zero attached hydrogens (tertiary/aromatic N) is 1. The van der Waals surface area contributed by atoms with Crippen LogP contribution in [0.2, 0.25) is 0 Å². The molecule has 6 heteroatoms. The molecule has 2 aromatic rings. The van der Waals surface area contributed by atoms with E-state index >= 15 is 0 Å². The molecule has 1 aromatic carbocycles. The SMILES string of the molecule is C[C@H](NC(=O)c1ccc([N+](=O)[O-])cc1)c1cccs1. The first-order chi connectivity index (χ1) is 9.08. The van der Waals surface area contributed by atoms with Crippen molar-refractivity contribution in [3.8, 4) is 0 Å². The van der Waals surface area contributed by atoms with Crippen LogP contribution in [0.15, 0.2) is 41.8 Å². The normalized spacial score (nSPS) is 11.8. The average Bonchev–Trinajstić information content (AvgIpc) is 2.92. The van der Waals surface area contributed by atoms with E-state index in [1.165, 1.54) is 24.3 Å². The van der Waals surface area contributed by atoms with Gasteiger partial charge in [0.25, 0.3) is 11.6 Å². The number of hydrogen-bond acceptors (Lipinski definition) is 4. The van der Waals surface area contributed by atoms with E-state index in [0.717, 1.165) is 4.88 Å². The third-order valence-electron chi connectivity index (χ3n) is 2.66. The monoisotopic (exact) mass is 276 g/mol. The second kappa shape index (κ2) is 5.62. The van der Waals surface area contributed by atoms with Gasteiger partial charge in [-0.3, -0.25) is 14.9 Å². The highest BCUT2D eigenvalue weighted by Gasteiger charge is 2.13. The van der Waals surface area contributed by atoms with Crippen molar-refractivity contribution in [1.82, 2.24) is 5.32 Å². The zero-order valence-corrected chi connectivity index (χ0v) is 11.0. The average molecular weight is 276 g/mol. The van der Waals surface area contributed by atoms with Gasteiger partial charge in [-0.2, -0.15) is 0 Å². The van der Waals surface area contributed by atoms with Gasteiger partial charge in [0.05, 0.1) is 11.0 Å². The Bertz CT molecular complexity index is 578. The Hall–Kier alpha value is -2.21. The maximum absolute atomic E-state index is 12.0. The minimum Gasteiger partial charge on any atom is -0.345 e. The standard InChI is InChI=1S/C13H12N2O3S/c1-9(12-3-2-8-19-12)14-13(16)10-4-6-11(7-5-10)15(17)18/h2-9H,1H3,(H,14,16)/t9-/m0/s1. The van der Waals surface area contributed by atoms with Crippen LogP contribution in [0.5, 0.6) is 0 Å². The van der Waals surface area contributed by atoms with Gasteiger partial charge < -0.3 is 5.32 Å². The number of rotatable bonds is 4. The highest BCUT2D eigenvalue weighted by atomic mass is 32.1. The van der Waals surface area contributed by atoms with Crippen LogP contribution in [-0.2, 0) is 0 Å². The topological polar surface area (TPSA) is 72.2 Å². The molecule has 0 aliphatic heterocycles. The van der Waals surface area contributed by atoms with Crippen molar-refractivity contribution in [1.29, 1.82) is 0 Å². The van der Waals surface area contributed by atoms with E-state index in [2.05, 4.69) is 5.32 Å². The van der Waals surface area contributed by atoms with Crippen LogP contribution in [0.1, 0.15) is 28.2 Å². The number of nitrogens with one attached hydrogen (secondary N) is 1. The van der Waals surface area contributed by atoms with E-state index in [9.17, 15) is 14.9 Å². The lowest BCUT2D eigenvalue weighted by Gasteiger charge is -2.11. The molecule has 0 aliphatic rings. The summed E-state index contributed by atoms with van der Waals surface area (Å²) < 4.78 is 0. The van der Waals surface area contributed by atoms with Gasteiger partial charge in [0, 0.05) is 22.6 Å². The molecule has 1 heterocycles. The minimum atomic E-state index is -0.490. The number of amides is 1. The Morgan fingerprint density at radius 3 is 2.53 bits per heavy atom. The van der Waals surface area contributed by atoms with E-state index in [0.29, 0.717) is 5.56 Å². The van der Waals surface area contributed by atoms with Crippen molar-refractivity contribution in [3.63, 3.8) is 0 Å². The van der Waals surface area contributed by atoms with Gasteiger partial charge in [0.1, 0.15) is 0 Å². The summed E-state index contributed by atoms with van der Waals surface area (Å²) >= 11 is 1.57. The lowest BCUT2D eigenvalue weighted by atomic mass is 10.2. The van der Waals surface area contributed by atoms with Gasteiger partial charge in [-0.25, -0.2) is 0 Å². The third kappa shape index (κ3) is 3.17. The molecule has 1 aromatic heterocycles. The molecule has 0 bridgehead atoms. The molecule has 0 unspecified atom stereocenters. The molecular formula is C13H12N2O3S. The lowest BCUT2D eigenvalue weighted by molar-refractivity contribution is -0.384. The summed E-state index contributed by atoms with van der Waals surface area (Å²) in [6.45, 7) is 1.90. The number of thiophene rings is 1. The molecule has 0 fully saturated rings. The molecule has 19 heavy (non-hydrogen) atoms. The van der Waals surface area contributed by atoms with E-state index in [4.69, 9.17) is 0 Å². The number of carbonyl (C=O) groups excluding carboxylic acids is 1. The predicted octanol–water partition coefficient (Wildman–Crippen LogP) is 3.15. The van der Waals surface area contributed by atoms with Crippen LogP contribution in [0.3, 0.4) is 0 Å². The number of nitro groups is 1. The third-order valence-corrected chi connectivity index (χ3v) is 3.71. The predicted molar refractivity (Wildman–Crippen MR) is 73.3 cm³/mol. The van der Waals surface area contributed by atoms with Crippen molar-refractivity contribution in [2.45, 2.75) is 13.0 Å². The Labute approximate surface area is 114 Å². The van der Waals surface area contributed by atoms with Gasteiger partial charge in [-0.05, 0) is 30.5 Å². The molecule has 1 amide bonds. The zero-order chi connectivity index (χ0) is 13.8. The molecule has 0 aliphatic carbocycles. The Balaban J connectivity index is 2.05. The summed E-state index contributed by atoms with van der Waals surface area (Å²) in [5, 5.41) is 15.3. The number of benzene rings is 1. The quantitative estimate of drug-likeness (QED) is 0.688. The summed E-state index contributed by atoms with van der Waals surface area (Å²) in [6, 6.07) is 9.35. The molecule has 1 N–H and O–H groups in total. The Morgan fingerprint density at radius 1 is 1.32 bits per heavy atom. The first-order valence-electron chi connectivity index (χ1n) is 5.66. The summed E-state index contributed by atoms with van der Waals surface area (Å²) in [4.78, 5) is 23.1. The molecule has 0 saturated heterocycles. The fraction of sp³-hybridized carbons (Fsp3) is 0.154. The molecule has 2 rings (SSSR count). The van der Waals surface area contributed by atoms with Crippen LogP contribution < -0.4 is 5.32 Å². The summed E-state index contributed by atoms with van der Waals surface area (Å²) in [7, 11) is 0. The number of nitro benzene ring substituents is 1. The Kier molecular flexibility index (Phi) is 3.91. The fourth-order valence-corrected chi connectivity index (χ4v) is 2.36. The van der Waals surface area contributed by atoms with Gasteiger partial charge in [0.2, 0.25) is 0 Å². The first-order valence-corrected chi connectivity index (χ1v) is 6.54. The van der Waals surface area contributed by atoms with Crippen molar-refractivity contribution in [2.24, 2.45) is 0 Å². The maximum atomic E-state index is 12.0. The van der Waals surface area contributed by atoms with Crippen LogP contribution >= 0.6 is 11.3 Å². The zero-order valence-electron chi connectivity index (χ0n) is 10.2. The van der Waals surface area contributed by atoms with Crippen molar-refractivity contribution >= 4 is 22.9 Å². The molecule has 0 radical (unpaired) electrons. The fourth-order valence-electron chi connectivity index (χ4n) is 1.62. The molecular weight excluding hydrogens is 264 g/mol. The van der Waals surface area contributed by atoms with Crippen LogP contribution in [-0.4, -0.2) is 10.8 Å². The maximum Gasteiger partial charge on any atom is 0.269 e. The van der Waals surface area contributed by atoms with Crippen LogP contribution in [0, 0.1) is 10.1 Å². The molecule has 0 spiro atoms. The van der Waals surface area contributed by atoms with E-state index in [-0.39, 0.29) is 17.6 Å². The van der Waals surface area contributed by atoms with Crippen LogP contribution in [0.25, 0.3) is 0 Å². The molecule has 0 saturated carbocycles. The highest BCUT2D eigenvalue weighted by Crippen LogP contribution is 2.19. The lowest BCUT2D eigenvalue weighted by Crippen LogP contribution is -2.26. The number of hydrogen-bond donors (Lipinski definition) is 1. The van der Waals surface area contributed by atoms with E-state index in [1.807, 2.05) is 24.4 Å². The van der Waals surface area contributed by atoms with Gasteiger partial charge >= 0.3 is 0 Å². The van der Waals surface area contributed by atoms with Crippen molar-refractivity contribution < 1.29 is 9.72 Å². The number of non-ortho nitro benzene ring substituents is 1. The summed E-state index contributed by atoms with van der Waals surface area (Å²) in [5.74, 6) is -0.240. The molecule has 5 nitrogen and oxygen atoms in total. The van der Waals surface area contributed by atoms with Crippen LogP contribution in [0.4, 0.5) is 5.69 Å². The highest BCUT2D eigenvalue weighted by molar-refractivity contribution is 7.10. The smallest absolute Gasteiger partial charge is 0.269 e. The molecule has 1 atom stereocenters. The second-order valence-electron chi connectivity index (χ2n) is 4.01. The van der Waals surface area contributed by atoms with Crippen molar-refractivity contribution in [3.05, 3.63) is 62.3 Å². The van der Waals surface area contributed by atoms with Gasteiger partial charge in [-0.1, -0.05) is 6.07 Å². The summed E-state index contributed by atoms with van der Waals surface area (Å²) in [5.41, 5.74) is 0.386. The summed E-state index contributed by atoms with van der Waals surface area (Å²) in [6.07, 6.45) is 0. The second-order valence-corrected chi connectivity index (χ2v) is 4.99. The minimum absolute atomic E-state index is 0.0251. The molecule has 98 valence electrons. The first kappa shape index (κ1) is 13.2. The van der Waals surface area contributed by atoms with E-state index in [1.54, 1.807) is 11.3 Å². The van der Waals surface area contributed by atoms with Gasteiger partial charge in [-0.15, -0.1) is 11.3 Å².